The van der Waals surface area contributed by atoms with E-state index in [0.717, 1.165) is 48.1 Å². The van der Waals surface area contributed by atoms with Crippen LogP contribution in [0.4, 0.5) is 5.82 Å². The molecular weight excluding hydrogens is 460 g/mol. The van der Waals surface area contributed by atoms with Crippen LogP contribution in [0.15, 0.2) is 60.7 Å². The summed E-state index contributed by atoms with van der Waals surface area (Å²) in [5, 5.41) is 12.0. The van der Waals surface area contributed by atoms with Gasteiger partial charge in [0.25, 0.3) is 0 Å². The van der Waals surface area contributed by atoms with E-state index in [-0.39, 0.29) is 17.9 Å². The minimum atomic E-state index is -0.0357. The minimum absolute atomic E-state index is 0.0357. The summed E-state index contributed by atoms with van der Waals surface area (Å²) in [7, 11) is 1.87. The Kier molecular flexibility index (Phi) is 7.09. The molecule has 0 bridgehead atoms. The molecule has 6 nitrogen and oxygen atoms in total. The summed E-state index contributed by atoms with van der Waals surface area (Å²) in [5.41, 5.74) is 5.51. The van der Waals surface area contributed by atoms with Crippen molar-refractivity contribution in [2.75, 3.05) is 12.4 Å². The highest BCUT2D eigenvalue weighted by atomic mass is 16.2. The van der Waals surface area contributed by atoms with E-state index in [1.807, 2.05) is 36.2 Å². The van der Waals surface area contributed by atoms with E-state index in [1.165, 1.54) is 18.4 Å². The van der Waals surface area contributed by atoms with E-state index in [4.69, 9.17) is 0 Å². The van der Waals surface area contributed by atoms with Crippen LogP contribution in [0.2, 0.25) is 0 Å². The summed E-state index contributed by atoms with van der Waals surface area (Å²) in [4.78, 5) is 26.4. The lowest BCUT2D eigenvalue weighted by Gasteiger charge is -2.34. The highest BCUT2D eigenvalue weighted by Gasteiger charge is 2.38. The average Bonchev–Trinajstić information content (AvgIpc) is 3.67. The van der Waals surface area contributed by atoms with E-state index in [0.29, 0.717) is 23.6 Å². The van der Waals surface area contributed by atoms with Crippen molar-refractivity contribution in [3.63, 3.8) is 0 Å². The predicted octanol–water partition coefficient (Wildman–Crippen LogP) is 6.23. The van der Waals surface area contributed by atoms with Gasteiger partial charge in [0, 0.05) is 37.6 Å². The molecular formula is C31H36N4O2. The Morgan fingerprint density at radius 1 is 0.946 bits per heavy atom. The Bertz CT molecular complexity index is 1260. The van der Waals surface area contributed by atoms with E-state index in [2.05, 4.69) is 58.8 Å². The Morgan fingerprint density at radius 2 is 1.62 bits per heavy atom. The van der Waals surface area contributed by atoms with Gasteiger partial charge in [-0.3, -0.25) is 9.59 Å². The molecule has 2 aromatic carbocycles. The Labute approximate surface area is 219 Å². The van der Waals surface area contributed by atoms with Crippen molar-refractivity contribution >= 4 is 17.6 Å². The van der Waals surface area contributed by atoms with E-state index in [1.54, 1.807) is 6.92 Å². The molecule has 2 saturated carbocycles. The normalized spacial score (nSPS) is 20.2. The second-order valence-corrected chi connectivity index (χ2v) is 11.1. The highest BCUT2D eigenvalue weighted by molar-refractivity contribution is 5.91. The summed E-state index contributed by atoms with van der Waals surface area (Å²) >= 11 is 0. The van der Waals surface area contributed by atoms with Crippen LogP contribution in [-0.2, 0) is 15.0 Å². The Balaban J connectivity index is 1.30. The van der Waals surface area contributed by atoms with Gasteiger partial charge in [0.1, 0.15) is 5.69 Å². The number of hydrogen-bond donors (Lipinski definition) is 1. The lowest BCUT2D eigenvalue weighted by atomic mass is 9.83. The molecule has 37 heavy (non-hydrogen) atoms. The molecule has 0 unspecified atom stereocenters. The number of amides is 2. The summed E-state index contributed by atoms with van der Waals surface area (Å²) in [6.45, 7) is 3.92. The molecule has 1 N–H and O–H groups in total. The number of aromatic nitrogens is 2. The molecule has 0 atom stereocenters. The maximum absolute atomic E-state index is 12.9. The van der Waals surface area contributed by atoms with Gasteiger partial charge < -0.3 is 10.2 Å². The molecule has 5 rings (SSSR count). The van der Waals surface area contributed by atoms with Gasteiger partial charge in [-0.15, -0.1) is 10.2 Å². The quantitative estimate of drug-likeness (QED) is 0.421. The first-order valence-corrected chi connectivity index (χ1v) is 13.4. The monoisotopic (exact) mass is 496 g/mol. The van der Waals surface area contributed by atoms with Crippen LogP contribution in [0.1, 0.15) is 64.4 Å². The molecule has 0 radical (unpaired) electrons. The fourth-order valence-electron chi connectivity index (χ4n) is 5.46. The van der Waals surface area contributed by atoms with Gasteiger partial charge in [0.15, 0.2) is 5.82 Å². The molecule has 1 aromatic heterocycles. The van der Waals surface area contributed by atoms with Crippen LogP contribution in [-0.4, -0.2) is 40.0 Å². The third kappa shape index (κ3) is 5.74. The van der Waals surface area contributed by atoms with Crippen LogP contribution in [0.25, 0.3) is 22.4 Å². The molecule has 2 aliphatic carbocycles. The van der Waals surface area contributed by atoms with Crippen molar-refractivity contribution in [1.29, 1.82) is 0 Å². The molecule has 6 heteroatoms. The maximum atomic E-state index is 12.9. The molecule has 192 valence electrons. The zero-order valence-electron chi connectivity index (χ0n) is 22.0. The number of nitrogens with one attached hydrogen (secondary N) is 1. The fourth-order valence-corrected chi connectivity index (χ4v) is 5.46. The first-order chi connectivity index (χ1) is 17.8. The molecule has 0 spiro atoms. The minimum Gasteiger partial charge on any atom is -0.343 e. The first-order valence-electron chi connectivity index (χ1n) is 13.4. The number of carbonyl (C=O) groups excluding carboxylic acids is 2. The van der Waals surface area contributed by atoms with Gasteiger partial charge in [0.05, 0.1) is 0 Å². The van der Waals surface area contributed by atoms with Crippen LogP contribution in [0.5, 0.6) is 0 Å². The zero-order valence-corrected chi connectivity index (χ0v) is 22.0. The van der Waals surface area contributed by atoms with Gasteiger partial charge in [-0.1, -0.05) is 61.5 Å². The SMILES string of the molecule is CC(=O)N(C)C1CCC(CC(=O)Nc2cc(-c3ccccc3)c(-c3ccc(C4(C)CC4)cc3)nn2)CC1. The number of rotatable bonds is 7. The fraction of sp³-hybridized carbons (Fsp3) is 0.419. The van der Waals surface area contributed by atoms with E-state index in [9.17, 15) is 9.59 Å². The lowest BCUT2D eigenvalue weighted by molar-refractivity contribution is -0.130. The maximum Gasteiger partial charge on any atom is 0.225 e. The van der Waals surface area contributed by atoms with Gasteiger partial charge in [-0.25, -0.2) is 0 Å². The number of carbonyl (C=O) groups is 2. The predicted molar refractivity (Wildman–Crippen MR) is 147 cm³/mol. The molecule has 1 heterocycles. The smallest absolute Gasteiger partial charge is 0.225 e. The van der Waals surface area contributed by atoms with Crippen molar-refractivity contribution in [1.82, 2.24) is 15.1 Å². The largest absolute Gasteiger partial charge is 0.343 e. The van der Waals surface area contributed by atoms with Gasteiger partial charge in [-0.05, 0) is 67.1 Å². The highest BCUT2D eigenvalue weighted by Crippen LogP contribution is 2.47. The molecule has 0 saturated heterocycles. The van der Waals surface area contributed by atoms with Crippen molar-refractivity contribution in [2.24, 2.45) is 5.92 Å². The zero-order chi connectivity index (χ0) is 26.0. The number of benzene rings is 2. The van der Waals surface area contributed by atoms with Gasteiger partial charge >= 0.3 is 0 Å². The topological polar surface area (TPSA) is 75.2 Å². The van der Waals surface area contributed by atoms with Crippen molar-refractivity contribution in [2.45, 2.75) is 70.3 Å². The van der Waals surface area contributed by atoms with Crippen molar-refractivity contribution < 1.29 is 9.59 Å². The van der Waals surface area contributed by atoms with Gasteiger partial charge in [0.2, 0.25) is 11.8 Å². The lowest BCUT2D eigenvalue weighted by Crippen LogP contribution is -2.38. The number of nitrogens with zero attached hydrogens (tertiary/aromatic N) is 3. The number of anilines is 1. The molecule has 0 aliphatic heterocycles. The van der Waals surface area contributed by atoms with Crippen molar-refractivity contribution in [3.05, 3.63) is 66.2 Å². The molecule has 3 aromatic rings. The molecule has 2 aliphatic rings. The molecule has 2 fully saturated rings. The third-order valence-corrected chi connectivity index (χ3v) is 8.34. The van der Waals surface area contributed by atoms with Crippen LogP contribution in [0, 0.1) is 5.92 Å². The summed E-state index contributed by atoms with van der Waals surface area (Å²) in [6.07, 6.45) is 6.73. The van der Waals surface area contributed by atoms with Crippen LogP contribution in [0.3, 0.4) is 0 Å². The van der Waals surface area contributed by atoms with E-state index < -0.39 is 0 Å². The van der Waals surface area contributed by atoms with Gasteiger partial charge in [-0.2, -0.15) is 0 Å². The second kappa shape index (κ2) is 10.4. The number of hydrogen-bond acceptors (Lipinski definition) is 4. The van der Waals surface area contributed by atoms with Crippen LogP contribution < -0.4 is 5.32 Å². The Morgan fingerprint density at radius 3 is 2.24 bits per heavy atom. The molecule has 2 amide bonds. The van der Waals surface area contributed by atoms with E-state index >= 15 is 0 Å². The summed E-state index contributed by atoms with van der Waals surface area (Å²) in [5.74, 6) is 0.862. The second-order valence-electron chi connectivity index (χ2n) is 11.1. The summed E-state index contributed by atoms with van der Waals surface area (Å²) in [6, 6.07) is 21.0. The third-order valence-electron chi connectivity index (χ3n) is 8.34. The first kappa shape index (κ1) is 25.1. The van der Waals surface area contributed by atoms with Crippen LogP contribution >= 0.6 is 0 Å². The van der Waals surface area contributed by atoms with Crippen molar-refractivity contribution in [3.8, 4) is 22.4 Å². The Hall–Kier alpha value is -3.54. The summed E-state index contributed by atoms with van der Waals surface area (Å²) < 4.78 is 0. The average molecular weight is 497 g/mol. The standard InChI is InChI=1S/C31H36N4O2/c1-21(36)35(3)26-15-9-22(10-16-26)19-29(37)32-28-20-27(23-7-5-4-6-8-23)30(34-33-28)24-11-13-25(14-12-24)31(2)17-18-31/h4-8,11-14,20,22,26H,9-10,15-19H2,1-3H3,(H,32,33,37).